The van der Waals surface area contributed by atoms with E-state index in [1.807, 2.05) is 0 Å². The Hall–Kier alpha value is -4.00. The molecule has 35 heavy (non-hydrogen) atoms. The van der Waals surface area contributed by atoms with Crippen molar-refractivity contribution in [2.45, 2.75) is 19.0 Å². The van der Waals surface area contributed by atoms with Gasteiger partial charge in [-0.25, -0.2) is 0 Å². The molecule has 1 aliphatic rings. The Kier molecular flexibility index (Phi) is 6.96. The number of aromatic nitrogens is 4. The third kappa shape index (κ3) is 5.93. The summed E-state index contributed by atoms with van der Waals surface area (Å²) in [5.74, 6) is -0.485. The van der Waals surface area contributed by atoms with Gasteiger partial charge < -0.3 is 5.32 Å². The van der Waals surface area contributed by atoms with Crippen LogP contribution < -0.4 is 5.32 Å². The van der Waals surface area contributed by atoms with Crippen molar-refractivity contribution in [3.05, 3.63) is 64.6 Å². The number of anilines is 1. The van der Waals surface area contributed by atoms with Gasteiger partial charge in [-0.3, -0.25) is 19.3 Å². The second-order valence-corrected chi connectivity index (χ2v) is 8.41. The number of halogens is 3. The van der Waals surface area contributed by atoms with Gasteiger partial charge in [0.2, 0.25) is 11.7 Å². The van der Waals surface area contributed by atoms with Gasteiger partial charge in [-0.05, 0) is 71.4 Å². The number of amides is 3. The number of thioether (sulfide) groups is 1. The van der Waals surface area contributed by atoms with E-state index in [9.17, 15) is 27.6 Å². The fourth-order valence-electron chi connectivity index (χ4n) is 3.26. The lowest BCUT2D eigenvalue weighted by Gasteiger charge is -2.12. The minimum absolute atomic E-state index is 0.00871. The Balaban J connectivity index is 1.30. The van der Waals surface area contributed by atoms with Crippen LogP contribution in [0.25, 0.3) is 17.5 Å². The van der Waals surface area contributed by atoms with E-state index in [-0.39, 0.29) is 35.8 Å². The Labute approximate surface area is 200 Å². The first-order chi connectivity index (χ1) is 16.7. The number of benzene rings is 2. The van der Waals surface area contributed by atoms with Crippen LogP contribution in [0.1, 0.15) is 24.0 Å². The average Bonchev–Trinajstić information content (AvgIpc) is 3.44. The molecule has 0 spiro atoms. The predicted molar refractivity (Wildman–Crippen MR) is 122 cm³/mol. The molecule has 0 saturated carbocycles. The van der Waals surface area contributed by atoms with E-state index in [0.717, 1.165) is 17.0 Å². The van der Waals surface area contributed by atoms with Gasteiger partial charge in [0.25, 0.3) is 11.1 Å². The lowest BCUT2D eigenvalue weighted by molar-refractivity contribution is -0.137. The van der Waals surface area contributed by atoms with Crippen LogP contribution in [0, 0.1) is 0 Å². The van der Waals surface area contributed by atoms with Gasteiger partial charge in [-0.2, -0.15) is 18.4 Å². The molecule has 0 atom stereocenters. The second-order valence-electron chi connectivity index (χ2n) is 7.42. The highest BCUT2D eigenvalue weighted by Crippen LogP contribution is 2.34. The molecule has 0 aliphatic carbocycles. The van der Waals surface area contributed by atoms with Crippen LogP contribution in [0.2, 0.25) is 0 Å². The fourth-order valence-corrected chi connectivity index (χ4v) is 4.12. The van der Waals surface area contributed by atoms with Crippen LogP contribution in [-0.4, -0.2) is 49.1 Å². The van der Waals surface area contributed by atoms with Gasteiger partial charge in [-0.15, -0.1) is 10.2 Å². The summed E-state index contributed by atoms with van der Waals surface area (Å²) in [4.78, 5) is 38.1. The minimum Gasteiger partial charge on any atom is -0.326 e. The molecule has 4 rings (SSSR count). The maximum absolute atomic E-state index is 12.9. The molecule has 0 radical (unpaired) electrons. The zero-order valence-electron chi connectivity index (χ0n) is 17.9. The summed E-state index contributed by atoms with van der Waals surface area (Å²) >= 11 is 0.651. The van der Waals surface area contributed by atoms with Crippen LogP contribution in [0.4, 0.5) is 23.7 Å². The molecule has 0 unspecified atom stereocenters. The van der Waals surface area contributed by atoms with Crippen molar-refractivity contribution in [1.29, 1.82) is 0 Å². The third-order valence-electron chi connectivity index (χ3n) is 4.94. The normalized spacial score (nSPS) is 15.2. The molecule has 13 heteroatoms. The summed E-state index contributed by atoms with van der Waals surface area (Å²) < 4.78 is 38.7. The van der Waals surface area contributed by atoms with E-state index < -0.39 is 22.9 Å². The number of imide groups is 1. The van der Waals surface area contributed by atoms with E-state index in [4.69, 9.17) is 0 Å². The average molecular weight is 502 g/mol. The quantitative estimate of drug-likeness (QED) is 0.461. The number of hydrogen-bond donors (Lipinski definition) is 2. The molecule has 1 aromatic heterocycles. The van der Waals surface area contributed by atoms with Crippen LogP contribution in [0.15, 0.2) is 53.4 Å². The molecule has 2 N–H and O–H groups in total. The van der Waals surface area contributed by atoms with Crippen molar-refractivity contribution in [3.63, 3.8) is 0 Å². The van der Waals surface area contributed by atoms with Gasteiger partial charge in [0.15, 0.2) is 0 Å². The summed E-state index contributed by atoms with van der Waals surface area (Å²) in [5.41, 5.74) is 0.586. The number of carbonyl (C=O) groups is 3. The standard InChI is InChI=1S/C22H17F3N6O3S/c23-22(24,25)15-4-1-3-13(11-15)12-17-20(33)31(21(34)35-17)10-2-5-18(32)26-16-8-6-14(7-9-16)19-27-29-30-28-19/h1,3-4,6-9,11-12H,2,5,10H2,(H,26,32)(H,27,28,29,30)/b17-12-. The number of rotatable bonds is 7. The third-order valence-corrected chi connectivity index (χ3v) is 5.85. The maximum Gasteiger partial charge on any atom is 0.416 e. The van der Waals surface area contributed by atoms with E-state index in [2.05, 4.69) is 25.9 Å². The van der Waals surface area contributed by atoms with Gasteiger partial charge in [0, 0.05) is 24.2 Å². The highest BCUT2D eigenvalue weighted by Gasteiger charge is 2.35. The second kappa shape index (κ2) is 10.1. The monoisotopic (exact) mass is 502 g/mol. The number of nitrogens with zero attached hydrogens (tertiary/aromatic N) is 4. The molecule has 1 saturated heterocycles. The first-order valence-corrected chi connectivity index (χ1v) is 11.1. The van der Waals surface area contributed by atoms with E-state index in [0.29, 0.717) is 28.8 Å². The summed E-state index contributed by atoms with van der Waals surface area (Å²) in [6.07, 6.45) is -2.98. The smallest absolute Gasteiger partial charge is 0.326 e. The van der Waals surface area contributed by atoms with Crippen molar-refractivity contribution in [2.24, 2.45) is 0 Å². The summed E-state index contributed by atoms with van der Waals surface area (Å²) in [6, 6.07) is 11.3. The highest BCUT2D eigenvalue weighted by atomic mass is 32.2. The zero-order chi connectivity index (χ0) is 25.0. The van der Waals surface area contributed by atoms with Crippen molar-refractivity contribution >= 4 is 40.6 Å². The zero-order valence-corrected chi connectivity index (χ0v) is 18.7. The van der Waals surface area contributed by atoms with Gasteiger partial charge in [-0.1, -0.05) is 12.1 Å². The Bertz CT molecular complexity index is 1280. The van der Waals surface area contributed by atoms with Crippen LogP contribution in [-0.2, 0) is 15.8 Å². The van der Waals surface area contributed by atoms with Crippen molar-refractivity contribution in [3.8, 4) is 11.4 Å². The fraction of sp³-hybridized carbons (Fsp3) is 0.182. The molecule has 1 fully saturated rings. The Morgan fingerprint density at radius 1 is 1.14 bits per heavy atom. The number of hydrogen-bond acceptors (Lipinski definition) is 7. The minimum atomic E-state index is -4.51. The molecular formula is C22H17F3N6O3S. The van der Waals surface area contributed by atoms with Gasteiger partial charge in [0.1, 0.15) is 0 Å². The number of alkyl halides is 3. The SMILES string of the molecule is O=C(CCCN1C(=O)S/C(=C\c2cccc(C(F)(F)F)c2)C1=O)Nc1ccc(-c2nn[nH]n2)cc1. The highest BCUT2D eigenvalue weighted by molar-refractivity contribution is 8.18. The number of H-pyrrole nitrogens is 1. The maximum atomic E-state index is 12.9. The summed E-state index contributed by atoms with van der Waals surface area (Å²) in [6.45, 7) is 0.00871. The first-order valence-electron chi connectivity index (χ1n) is 10.3. The van der Waals surface area contributed by atoms with Crippen molar-refractivity contribution < 1.29 is 27.6 Å². The van der Waals surface area contributed by atoms with Gasteiger partial charge in [0.05, 0.1) is 10.5 Å². The van der Waals surface area contributed by atoms with Gasteiger partial charge >= 0.3 is 6.18 Å². The van der Waals surface area contributed by atoms with Crippen molar-refractivity contribution in [1.82, 2.24) is 25.5 Å². The molecular weight excluding hydrogens is 485 g/mol. The molecule has 3 aromatic rings. The topological polar surface area (TPSA) is 121 Å². The summed E-state index contributed by atoms with van der Waals surface area (Å²) in [7, 11) is 0. The molecule has 3 amide bonds. The van der Waals surface area contributed by atoms with Crippen LogP contribution in [0.3, 0.4) is 0 Å². The van der Waals surface area contributed by atoms with Crippen molar-refractivity contribution in [2.75, 3.05) is 11.9 Å². The summed E-state index contributed by atoms with van der Waals surface area (Å²) in [5, 5.41) is 15.7. The Morgan fingerprint density at radius 2 is 1.91 bits per heavy atom. The molecule has 1 aliphatic heterocycles. The number of nitrogens with one attached hydrogen (secondary N) is 2. The van der Waals surface area contributed by atoms with E-state index in [1.165, 1.54) is 18.2 Å². The predicted octanol–water partition coefficient (Wildman–Crippen LogP) is 4.34. The Morgan fingerprint density at radius 3 is 2.60 bits per heavy atom. The molecule has 2 aromatic carbocycles. The lowest BCUT2D eigenvalue weighted by Crippen LogP contribution is -2.29. The van der Waals surface area contributed by atoms with Crippen LogP contribution in [0.5, 0.6) is 0 Å². The number of carbonyl (C=O) groups excluding carboxylic acids is 3. The largest absolute Gasteiger partial charge is 0.416 e. The molecule has 180 valence electrons. The van der Waals surface area contributed by atoms with E-state index in [1.54, 1.807) is 24.3 Å². The molecule has 0 bridgehead atoms. The van der Waals surface area contributed by atoms with Crippen LogP contribution >= 0.6 is 11.8 Å². The number of aromatic amines is 1. The number of tetrazole rings is 1. The molecule has 9 nitrogen and oxygen atoms in total. The first kappa shape index (κ1) is 24.1. The molecule has 2 heterocycles. The van der Waals surface area contributed by atoms with E-state index >= 15 is 0 Å². The lowest BCUT2D eigenvalue weighted by atomic mass is 10.1.